The molecule has 0 aliphatic rings. The van der Waals surface area contributed by atoms with E-state index >= 15 is 0 Å². The van der Waals surface area contributed by atoms with Gasteiger partial charge in [-0.1, -0.05) is 13.8 Å². The molecule has 12 nitrogen and oxygen atoms in total. The van der Waals surface area contributed by atoms with E-state index in [0.717, 1.165) is 74.1 Å². The Morgan fingerprint density at radius 1 is 0.583 bits per heavy atom. The van der Waals surface area contributed by atoms with Crippen LogP contribution in [0.25, 0.3) is 0 Å². The first-order valence-corrected chi connectivity index (χ1v) is 22.9. The molecule has 0 N–H and O–H groups in total. The third-order valence-corrected chi connectivity index (χ3v) is 16.6. The summed E-state index contributed by atoms with van der Waals surface area (Å²) in [5.74, 6) is 3.07. The SMILES string of the molecule is CCN(C)CCOC(=O)C(C)(C)CSCCC[Si](OC)(OC)OC.CCN(C)CCOC(=O)C(C)(C)CSCCC[Si](OC)(OC)OC. The van der Waals surface area contributed by atoms with Gasteiger partial charge in [-0.05, 0) is 79.2 Å². The number of nitrogens with zero attached hydrogens (tertiary/aromatic N) is 2. The van der Waals surface area contributed by atoms with Gasteiger partial charge in [0.25, 0.3) is 0 Å². The molecular weight excluding hydrogens is 693 g/mol. The average Bonchev–Trinajstić information content (AvgIpc) is 3.08. The highest BCUT2D eigenvalue weighted by atomic mass is 32.2. The van der Waals surface area contributed by atoms with Crippen molar-refractivity contribution in [3.63, 3.8) is 0 Å². The predicted octanol–water partition coefficient (Wildman–Crippen LogP) is 5.02. The van der Waals surface area contributed by atoms with Gasteiger partial charge in [0.1, 0.15) is 13.2 Å². The maximum atomic E-state index is 12.2. The lowest BCUT2D eigenvalue weighted by Gasteiger charge is -2.25. The zero-order chi connectivity index (χ0) is 37.3. The Balaban J connectivity index is 0. The van der Waals surface area contributed by atoms with Crippen molar-refractivity contribution in [2.24, 2.45) is 10.8 Å². The van der Waals surface area contributed by atoms with Gasteiger partial charge in [-0.15, -0.1) is 0 Å². The van der Waals surface area contributed by atoms with Crippen molar-refractivity contribution in [2.75, 3.05) is 119 Å². The number of esters is 2. The van der Waals surface area contributed by atoms with Crippen molar-refractivity contribution < 1.29 is 45.6 Å². The molecular formula is C32H70N2O10S2Si2. The summed E-state index contributed by atoms with van der Waals surface area (Å²) in [5.41, 5.74) is -0.957. The Morgan fingerprint density at radius 2 is 0.875 bits per heavy atom. The van der Waals surface area contributed by atoms with Gasteiger partial charge in [0.2, 0.25) is 0 Å². The molecule has 0 saturated heterocycles. The van der Waals surface area contributed by atoms with Crippen molar-refractivity contribution in [1.82, 2.24) is 9.80 Å². The number of carbonyl (C=O) groups excluding carboxylic acids is 2. The summed E-state index contributed by atoms with van der Waals surface area (Å²) < 4.78 is 43.2. The Morgan fingerprint density at radius 3 is 1.12 bits per heavy atom. The number of ether oxygens (including phenoxy) is 2. The number of rotatable bonds is 28. The van der Waals surface area contributed by atoms with E-state index in [1.165, 1.54) is 0 Å². The summed E-state index contributed by atoms with van der Waals surface area (Å²) in [4.78, 5) is 28.6. The molecule has 0 amide bonds. The lowest BCUT2D eigenvalue weighted by atomic mass is 9.97. The zero-order valence-corrected chi connectivity index (χ0v) is 36.3. The fraction of sp³-hybridized carbons (Fsp3) is 0.938. The molecule has 288 valence electrons. The summed E-state index contributed by atoms with van der Waals surface area (Å²) in [7, 11) is 8.83. The van der Waals surface area contributed by atoms with Crippen LogP contribution in [-0.2, 0) is 45.6 Å². The van der Waals surface area contributed by atoms with E-state index in [-0.39, 0.29) is 11.9 Å². The van der Waals surface area contributed by atoms with E-state index in [1.54, 1.807) is 66.2 Å². The minimum absolute atomic E-state index is 0.131. The van der Waals surface area contributed by atoms with Crippen LogP contribution in [0.3, 0.4) is 0 Å². The largest absolute Gasteiger partial charge is 0.500 e. The smallest absolute Gasteiger partial charge is 0.464 e. The van der Waals surface area contributed by atoms with Crippen LogP contribution in [0.4, 0.5) is 0 Å². The second-order valence-electron chi connectivity index (χ2n) is 12.7. The van der Waals surface area contributed by atoms with Crippen molar-refractivity contribution in [2.45, 2.75) is 66.5 Å². The fourth-order valence-electron chi connectivity index (χ4n) is 3.96. The number of carbonyl (C=O) groups is 2. The number of likely N-dealkylation sites (N-methyl/N-ethyl adjacent to an activating group) is 2. The molecule has 0 aromatic carbocycles. The molecule has 0 radical (unpaired) electrons. The number of hydrogen-bond donors (Lipinski definition) is 0. The van der Waals surface area contributed by atoms with Crippen molar-refractivity contribution in [3.05, 3.63) is 0 Å². The van der Waals surface area contributed by atoms with Crippen LogP contribution in [0.5, 0.6) is 0 Å². The monoisotopic (exact) mass is 762 g/mol. The molecule has 0 heterocycles. The van der Waals surface area contributed by atoms with Gasteiger partial charge in [-0.25, -0.2) is 0 Å². The van der Waals surface area contributed by atoms with Crippen LogP contribution in [0.15, 0.2) is 0 Å². The summed E-state index contributed by atoms with van der Waals surface area (Å²) in [5, 5.41) is 0. The maximum absolute atomic E-state index is 12.2. The molecule has 0 rings (SSSR count). The normalized spacial score (nSPS) is 12.7. The molecule has 0 atom stereocenters. The van der Waals surface area contributed by atoms with E-state index in [0.29, 0.717) is 13.2 Å². The second-order valence-corrected chi connectivity index (χ2v) is 21.1. The molecule has 0 bridgehead atoms. The first kappa shape index (κ1) is 49.9. The quantitative estimate of drug-likeness (QED) is 0.0604. The van der Waals surface area contributed by atoms with Gasteiger partial charge in [-0.3, -0.25) is 9.59 Å². The number of hydrogen-bond acceptors (Lipinski definition) is 14. The standard InChI is InChI=1S/2C16H35NO5SSi/c2*1-8-17(4)10-11-22-15(18)16(2,3)14-23-12-9-13-24(19-5,20-6)21-7/h2*8-14H2,1-7H3. The molecule has 0 aliphatic heterocycles. The van der Waals surface area contributed by atoms with Crippen LogP contribution >= 0.6 is 23.5 Å². The van der Waals surface area contributed by atoms with E-state index in [4.69, 9.17) is 36.0 Å². The summed E-state index contributed by atoms with van der Waals surface area (Å²) in [6.07, 6.45) is 1.86. The Bertz CT molecular complexity index is 756. The first-order chi connectivity index (χ1) is 22.5. The first-order valence-electron chi connectivity index (χ1n) is 16.7. The zero-order valence-electron chi connectivity index (χ0n) is 32.7. The number of thioether (sulfide) groups is 2. The van der Waals surface area contributed by atoms with Crippen LogP contribution in [0.1, 0.15) is 54.4 Å². The van der Waals surface area contributed by atoms with E-state index in [1.807, 2.05) is 41.8 Å². The molecule has 0 aliphatic carbocycles. The van der Waals surface area contributed by atoms with Gasteiger partial charge in [0, 0.05) is 79.3 Å². The highest BCUT2D eigenvalue weighted by molar-refractivity contribution is 7.99. The molecule has 0 saturated carbocycles. The Hall–Kier alpha value is -0.246. The van der Waals surface area contributed by atoms with Gasteiger partial charge in [0.15, 0.2) is 0 Å². The maximum Gasteiger partial charge on any atom is 0.500 e. The molecule has 16 heteroatoms. The van der Waals surface area contributed by atoms with E-state index in [9.17, 15) is 9.59 Å². The van der Waals surface area contributed by atoms with Gasteiger partial charge >= 0.3 is 29.5 Å². The summed E-state index contributed by atoms with van der Waals surface area (Å²) in [6.45, 7) is 16.2. The summed E-state index contributed by atoms with van der Waals surface area (Å²) >= 11 is 3.50. The van der Waals surface area contributed by atoms with Crippen LogP contribution in [0, 0.1) is 10.8 Å². The molecule has 0 aromatic rings. The molecule has 0 aromatic heterocycles. The molecule has 0 unspecified atom stereocenters. The minimum atomic E-state index is -2.48. The average molecular weight is 763 g/mol. The Labute approximate surface area is 304 Å². The van der Waals surface area contributed by atoms with Crippen molar-refractivity contribution in [3.8, 4) is 0 Å². The van der Waals surface area contributed by atoms with Crippen LogP contribution in [0.2, 0.25) is 12.1 Å². The van der Waals surface area contributed by atoms with Crippen LogP contribution < -0.4 is 0 Å². The van der Waals surface area contributed by atoms with Gasteiger partial charge in [-0.2, -0.15) is 23.5 Å². The highest BCUT2D eigenvalue weighted by Crippen LogP contribution is 2.27. The topological polar surface area (TPSA) is 114 Å². The van der Waals surface area contributed by atoms with E-state index < -0.39 is 28.4 Å². The summed E-state index contributed by atoms with van der Waals surface area (Å²) in [6, 6.07) is 1.55. The van der Waals surface area contributed by atoms with Crippen LogP contribution in [-0.4, -0.2) is 159 Å². The van der Waals surface area contributed by atoms with Crippen molar-refractivity contribution >= 4 is 53.1 Å². The highest BCUT2D eigenvalue weighted by Gasteiger charge is 2.38. The van der Waals surface area contributed by atoms with Gasteiger partial charge in [0.05, 0.1) is 10.8 Å². The second kappa shape index (κ2) is 27.4. The fourth-order valence-corrected chi connectivity index (χ4v) is 10.2. The third-order valence-electron chi connectivity index (χ3n) is 7.93. The lowest BCUT2D eigenvalue weighted by Crippen LogP contribution is -2.42. The lowest BCUT2D eigenvalue weighted by molar-refractivity contribution is -0.153. The minimum Gasteiger partial charge on any atom is -0.464 e. The van der Waals surface area contributed by atoms with E-state index in [2.05, 4.69) is 23.6 Å². The molecule has 48 heavy (non-hydrogen) atoms. The van der Waals surface area contributed by atoms with Crippen molar-refractivity contribution in [1.29, 1.82) is 0 Å². The predicted molar refractivity (Wildman–Crippen MR) is 203 cm³/mol. The third kappa shape index (κ3) is 21.2. The molecule has 0 spiro atoms. The van der Waals surface area contributed by atoms with Gasteiger partial charge < -0.3 is 45.8 Å². The Kier molecular flexibility index (Phi) is 28.5. The molecule has 0 fully saturated rings.